The molecule has 0 bridgehead atoms. The van der Waals surface area contributed by atoms with Crippen LogP contribution in [0.3, 0.4) is 0 Å². The summed E-state index contributed by atoms with van der Waals surface area (Å²) in [5.41, 5.74) is 1.79. The number of nitrogens with one attached hydrogen (secondary N) is 1. The van der Waals surface area contributed by atoms with Gasteiger partial charge >= 0.3 is 0 Å². The lowest BCUT2D eigenvalue weighted by Crippen LogP contribution is -2.42. The molecule has 1 aliphatic carbocycles. The van der Waals surface area contributed by atoms with Crippen molar-refractivity contribution in [3.8, 4) is 0 Å². The Kier molecular flexibility index (Phi) is 5.26. The van der Waals surface area contributed by atoms with E-state index in [1.165, 1.54) is 15.9 Å². The third-order valence-corrected chi connectivity index (χ3v) is 7.30. The topological polar surface area (TPSA) is 88.8 Å². The van der Waals surface area contributed by atoms with Crippen LogP contribution in [0.15, 0.2) is 4.79 Å². The minimum Gasteiger partial charge on any atom is -0.376 e. The molecule has 2 aromatic heterocycles. The average Bonchev–Trinajstić information content (AvgIpc) is 3.42. The van der Waals surface area contributed by atoms with Gasteiger partial charge in [-0.15, -0.1) is 5.10 Å². The normalized spacial score (nSPS) is 22.8. The molecule has 0 spiro atoms. The lowest BCUT2D eigenvalue weighted by Gasteiger charge is -2.30. The summed E-state index contributed by atoms with van der Waals surface area (Å²) in [6, 6.07) is 0. The highest BCUT2D eigenvalue weighted by Crippen LogP contribution is 2.28. The van der Waals surface area contributed by atoms with Crippen LogP contribution in [0.2, 0.25) is 0 Å². The number of hydrogen-bond acceptors (Lipinski definition) is 7. The Labute approximate surface area is 173 Å². The van der Waals surface area contributed by atoms with E-state index in [-0.39, 0.29) is 23.5 Å². The van der Waals surface area contributed by atoms with Gasteiger partial charge in [0.05, 0.1) is 11.8 Å². The third-order valence-electron chi connectivity index (χ3n) is 6.33. The number of hydrogen-bond donors (Lipinski definition) is 1. The lowest BCUT2D eigenvalue weighted by atomic mass is 9.96. The van der Waals surface area contributed by atoms with Crippen molar-refractivity contribution in [2.24, 2.45) is 5.92 Å². The summed E-state index contributed by atoms with van der Waals surface area (Å²) in [6.07, 6.45) is 7.75. The molecule has 9 heteroatoms. The Morgan fingerprint density at radius 1 is 1.17 bits per heavy atom. The van der Waals surface area contributed by atoms with E-state index in [1.54, 1.807) is 0 Å². The van der Waals surface area contributed by atoms with E-state index in [1.807, 2.05) is 0 Å². The average molecular weight is 418 g/mol. The van der Waals surface area contributed by atoms with E-state index in [0.717, 1.165) is 87.5 Å². The first-order chi connectivity index (χ1) is 14.2. The fraction of sp³-hybridized carbons (Fsp3) is 0.700. The van der Waals surface area contributed by atoms with Crippen LogP contribution in [-0.4, -0.2) is 52.9 Å². The van der Waals surface area contributed by atoms with Gasteiger partial charge in [0.15, 0.2) is 0 Å². The van der Waals surface area contributed by atoms with Crippen molar-refractivity contribution in [1.82, 2.24) is 19.9 Å². The van der Waals surface area contributed by atoms with E-state index in [2.05, 4.69) is 15.3 Å². The number of anilines is 1. The summed E-state index contributed by atoms with van der Waals surface area (Å²) in [7, 11) is 0. The van der Waals surface area contributed by atoms with E-state index in [0.29, 0.717) is 11.5 Å². The SMILES string of the molecule is O=C(NCC1CCCO1)C1CCN(c2nn3c(=O)c4c(nc3s2)CCCC4)CC1. The highest BCUT2D eigenvalue weighted by Gasteiger charge is 2.28. The molecular weight excluding hydrogens is 390 g/mol. The molecule has 1 atom stereocenters. The molecule has 29 heavy (non-hydrogen) atoms. The summed E-state index contributed by atoms with van der Waals surface area (Å²) < 4.78 is 7.05. The first kappa shape index (κ1) is 19.0. The second-order valence-corrected chi connectivity index (χ2v) is 9.20. The van der Waals surface area contributed by atoms with Gasteiger partial charge in [-0.05, 0) is 51.4 Å². The summed E-state index contributed by atoms with van der Waals surface area (Å²) in [5, 5.41) is 8.46. The van der Waals surface area contributed by atoms with E-state index in [9.17, 15) is 9.59 Å². The summed E-state index contributed by atoms with van der Waals surface area (Å²) in [5.74, 6) is 0.171. The molecule has 1 N–H and O–H groups in total. The molecular formula is C20H27N5O3S. The molecule has 1 amide bonds. The first-order valence-electron chi connectivity index (χ1n) is 10.7. The summed E-state index contributed by atoms with van der Waals surface area (Å²) in [6.45, 7) is 2.97. The number of ether oxygens (including phenoxy) is 1. The second kappa shape index (κ2) is 8.02. The predicted octanol–water partition coefficient (Wildman–Crippen LogP) is 1.54. The van der Waals surface area contributed by atoms with E-state index < -0.39 is 0 Å². The molecule has 0 saturated carbocycles. The number of carbonyl (C=O) groups excluding carboxylic acids is 1. The van der Waals surface area contributed by atoms with Gasteiger partial charge in [0.25, 0.3) is 5.56 Å². The van der Waals surface area contributed by atoms with Crippen LogP contribution >= 0.6 is 11.3 Å². The van der Waals surface area contributed by atoms with Gasteiger partial charge in [0, 0.05) is 37.7 Å². The smallest absolute Gasteiger partial charge is 0.278 e. The van der Waals surface area contributed by atoms with Crippen LogP contribution < -0.4 is 15.8 Å². The van der Waals surface area contributed by atoms with Crippen LogP contribution in [0, 0.1) is 5.92 Å². The number of piperidine rings is 1. The standard InChI is InChI=1S/C20H27N5O3S/c26-17(21-12-14-4-3-11-28-14)13-7-9-24(10-8-13)20-23-25-18(27)15-5-1-2-6-16(15)22-19(25)29-20/h13-14H,1-12H2,(H,21,26). The number of fused-ring (bicyclic) bond motifs is 2. The minimum atomic E-state index is -0.00408. The maximum atomic E-state index is 12.8. The van der Waals surface area contributed by atoms with Crippen molar-refractivity contribution in [3.05, 3.63) is 21.6 Å². The number of amides is 1. The zero-order valence-electron chi connectivity index (χ0n) is 16.6. The maximum absolute atomic E-state index is 12.8. The molecule has 3 aliphatic rings. The molecule has 2 aromatic rings. The zero-order valence-corrected chi connectivity index (χ0v) is 17.4. The van der Waals surface area contributed by atoms with Crippen LogP contribution in [0.1, 0.15) is 49.8 Å². The Morgan fingerprint density at radius 3 is 2.79 bits per heavy atom. The van der Waals surface area contributed by atoms with Crippen LogP contribution in [-0.2, 0) is 22.4 Å². The van der Waals surface area contributed by atoms with Crippen molar-refractivity contribution in [2.75, 3.05) is 31.1 Å². The summed E-state index contributed by atoms with van der Waals surface area (Å²) >= 11 is 1.48. The zero-order chi connectivity index (χ0) is 19.8. The third kappa shape index (κ3) is 3.77. The van der Waals surface area contributed by atoms with Crippen molar-refractivity contribution in [3.63, 3.8) is 0 Å². The lowest BCUT2D eigenvalue weighted by molar-refractivity contribution is -0.126. The predicted molar refractivity (Wildman–Crippen MR) is 111 cm³/mol. The van der Waals surface area contributed by atoms with Crippen LogP contribution in [0.4, 0.5) is 5.13 Å². The molecule has 2 fully saturated rings. The molecule has 156 valence electrons. The number of nitrogens with zero attached hydrogens (tertiary/aromatic N) is 4. The van der Waals surface area contributed by atoms with E-state index in [4.69, 9.17) is 9.72 Å². The van der Waals surface area contributed by atoms with Gasteiger partial charge in [-0.3, -0.25) is 9.59 Å². The van der Waals surface area contributed by atoms with Gasteiger partial charge in [0.1, 0.15) is 0 Å². The van der Waals surface area contributed by atoms with Gasteiger partial charge in [-0.1, -0.05) is 11.3 Å². The Balaban J connectivity index is 1.23. The monoisotopic (exact) mass is 417 g/mol. The van der Waals surface area contributed by atoms with Crippen molar-refractivity contribution in [2.45, 2.75) is 57.5 Å². The summed E-state index contributed by atoms with van der Waals surface area (Å²) in [4.78, 5) is 32.8. The molecule has 5 rings (SSSR count). The number of carbonyl (C=O) groups is 1. The van der Waals surface area contributed by atoms with Crippen LogP contribution in [0.5, 0.6) is 0 Å². The Morgan fingerprint density at radius 2 is 2.00 bits per heavy atom. The highest BCUT2D eigenvalue weighted by molar-refractivity contribution is 7.20. The van der Waals surface area contributed by atoms with Gasteiger partial charge in [-0.2, -0.15) is 4.52 Å². The molecule has 0 radical (unpaired) electrons. The molecule has 8 nitrogen and oxygen atoms in total. The molecule has 1 unspecified atom stereocenters. The number of rotatable bonds is 4. The Bertz CT molecular complexity index is 957. The quantitative estimate of drug-likeness (QED) is 0.812. The first-order valence-corrected chi connectivity index (χ1v) is 11.6. The largest absolute Gasteiger partial charge is 0.376 e. The van der Waals surface area contributed by atoms with Crippen LogP contribution in [0.25, 0.3) is 4.96 Å². The van der Waals surface area contributed by atoms with E-state index >= 15 is 0 Å². The maximum Gasteiger partial charge on any atom is 0.278 e. The molecule has 2 saturated heterocycles. The fourth-order valence-corrected chi connectivity index (χ4v) is 5.55. The highest BCUT2D eigenvalue weighted by atomic mass is 32.1. The van der Waals surface area contributed by atoms with Gasteiger partial charge < -0.3 is 15.0 Å². The fourth-order valence-electron chi connectivity index (χ4n) is 4.59. The molecule has 4 heterocycles. The molecule has 0 aromatic carbocycles. The van der Waals surface area contributed by atoms with Gasteiger partial charge in [0.2, 0.25) is 16.0 Å². The minimum absolute atomic E-state index is 0.00408. The van der Waals surface area contributed by atoms with Crippen molar-refractivity contribution < 1.29 is 9.53 Å². The Hall–Kier alpha value is -2.00. The number of aromatic nitrogens is 3. The van der Waals surface area contributed by atoms with Crippen molar-refractivity contribution >= 4 is 27.3 Å². The van der Waals surface area contributed by atoms with Gasteiger partial charge in [-0.25, -0.2) is 4.98 Å². The van der Waals surface area contributed by atoms with Crippen molar-refractivity contribution in [1.29, 1.82) is 0 Å². The number of aryl methyl sites for hydroxylation is 1. The second-order valence-electron chi connectivity index (χ2n) is 8.27. The molecule has 2 aliphatic heterocycles.